The van der Waals surface area contributed by atoms with Crippen LogP contribution in [0.5, 0.6) is 0 Å². The van der Waals surface area contributed by atoms with E-state index in [0.717, 1.165) is 29.1 Å². The number of fused-ring (bicyclic) bond motifs is 1. The van der Waals surface area contributed by atoms with Crippen LogP contribution in [0.15, 0.2) is 48.0 Å². The average molecular weight is 436 g/mol. The molecule has 2 aromatic heterocycles. The Morgan fingerprint density at radius 3 is 2.81 bits per heavy atom. The van der Waals surface area contributed by atoms with E-state index >= 15 is 0 Å². The fourth-order valence-corrected chi connectivity index (χ4v) is 4.52. The maximum atomic E-state index is 12.3. The van der Waals surface area contributed by atoms with E-state index in [1.807, 2.05) is 30.5 Å². The molecule has 0 bridgehead atoms. The normalized spacial score (nSPS) is 13.8. The molecule has 7 heteroatoms. The van der Waals surface area contributed by atoms with Gasteiger partial charge in [-0.3, -0.25) is 14.6 Å². The van der Waals surface area contributed by atoms with Gasteiger partial charge in [0.25, 0.3) is 5.91 Å². The summed E-state index contributed by atoms with van der Waals surface area (Å²) in [5.41, 5.74) is 5.24. The molecule has 0 spiro atoms. The van der Waals surface area contributed by atoms with Crippen molar-refractivity contribution >= 4 is 23.2 Å². The zero-order chi connectivity index (χ0) is 21.6. The van der Waals surface area contributed by atoms with Crippen molar-refractivity contribution < 1.29 is 14.3 Å². The molecule has 31 heavy (non-hydrogen) atoms. The molecule has 1 aliphatic rings. The molecule has 1 N–H and O–H groups in total. The quantitative estimate of drug-likeness (QED) is 0.567. The second kappa shape index (κ2) is 9.83. The number of amides is 1. The molecule has 0 aliphatic heterocycles. The number of aromatic nitrogens is 2. The molecule has 0 fully saturated rings. The van der Waals surface area contributed by atoms with E-state index in [0.29, 0.717) is 5.69 Å². The standard InChI is InChI=1S/C24H25N3O3S/c1-16(18-10-9-17-6-2-3-7-19(17)12-18)26-22(28)14-30-23(29)13-20-15-31-24(27-20)21-8-4-5-11-25-21/h4-5,8-12,15-16H,2-3,6-7,13-14H2,1H3,(H,26,28). The first kappa shape index (κ1) is 21.2. The van der Waals surface area contributed by atoms with Crippen molar-refractivity contribution in [3.8, 4) is 10.7 Å². The summed E-state index contributed by atoms with van der Waals surface area (Å²) < 4.78 is 5.15. The lowest BCUT2D eigenvalue weighted by Gasteiger charge is -2.20. The molecule has 2 heterocycles. The van der Waals surface area contributed by atoms with E-state index in [9.17, 15) is 9.59 Å². The van der Waals surface area contributed by atoms with Crippen LogP contribution in [0.3, 0.4) is 0 Å². The number of carbonyl (C=O) groups is 2. The molecule has 1 aromatic carbocycles. The number of pyridine rings is 1. The van der Waals surface area contributed by atoms with Crippen LogP contribution in [0, 0.1) is 0 Å². The Balaban J connectivity index is 1.25. The van der Waals surface area contributed by atoms with Crippen molar-refractivity contribution in [2.45, 2.75) is 45.1 Å². The van der Waals surface area contributed by atoms with Gasteiger partial charge in [0.15, 0.2) is 6.61 Å². The van der Waals surface area contributed by atoms with Crippen LogP contribution in [0.4, 0.5) is 0 Å². The molecule has 1 unspecified atom stereocenters. The van der Waals surface area contributed by atoms with Crippen molar-refractivity contribution in [1.29, 1.82) is 0 Å². The van der Waals surface area contributed by atoms with Crippen molar-refractivity contribution in [3.05, 3.63) is 70.4 Å². The molecule has 0 saturated carbocycles. The van der Waals surface area contributed by atoms with Crippen LogP contribution >= 0.6 is 11.3 Å². The van der Waals surface area contributed by atoms with E-state index in [-0.39, 0.29) is 25.0 Å². The van der Waals surface area contributed by atoms with Crippen molar-refractivity contribution in [3.63, 3.8) is 0 Å². The number of nitrogens with one attached hydrogen (secondary N) is 1. The number of rotatable bonds is 7. The first-order chi connectivity index (χ1) is 15.1. The van der Waals surface area contributed by atoms with E-state index in [1.54, 1.807) is 6.20 Å². The van der Waals surface area contributed by atoms with Gasteiger partial charge in [-0.2, -0.15) is 0 Å². The molecule has 1 amide bonds. The minimum Gasteiger partial charge on any atom is -0.455 e. The van der Waals surface area contributed by atoms with E-state index < -0.39 is 5.97 Å². The summed E-state index contributed by atoms with van der Waals surface area (Å²) in [6.07, 6.45) is 6.42. The number of hydrogen-bond acceptors (Lipinski definition) is 6. The topological polar surface area (TPSA) is 81.2 Å². The van der Waals surface area contributed by atoms with Crippen LogP contribution in [-0.4, -0.2) is 28.5 Å². The van der Waals surface area contributed by atoms with Crippen molar-refractivity contribution in [2.75, 3.05) is 6.61 Å². The Labute approximate surface area is 185 Å². The van der Waals surface area contributed by atoms with Gasteiger partial charge in [-0.25, -0.2) is 4.98 Å². The number of esters is 1. The highest BCUT2D eigenvalue weighted by Crippen LogP contribution is 2.25. The Bertz CT molecular complexity index is 1060. The number of nitrogens with zero attached hydrogens (tertiary/aromatic N) is 2. The molecule has 1 atom stereocenters. The van der Waals surface area contributed by atoms with Crippen LogP contribution in [0.2, 0.25) is 0 Å². The molecule has 0 radical (unpaired) electrons. The van der Waals surface area contributed by atoms with E-state index in [4.69, 9.17) is 4.74 Å². The van der Waals surface area contributed by atoms with E-state index in [1.165, 1.54) is 35.3 Å². The maximum Gasteiger partial charge on any atom is 0.312 e. The van der Waals surface area contributed by atoms with Crippen LogP contribution < -0.4 is 5.32 Å². The summed E-state index contributed by atoms with van der Waals surface area (Å²) in [5, 5.41) is 5.47. The predicted octanol–water partition coefficient (Wildman–Crippen LogP) is 4.05. The highest BCUT2D eigenvalue weighted by molar-refractivity contribution is 7.13. The second-order valence-corrected chi connectivity index (χ2v) is 8.58. The fourth-order valence-electron chi connectivity index (χ4n) is 3.73. The third kappa shape index (κ3) is 5.55. The van der Waals surface area contributed by atoms with Gasteiger partial charge in [0, 0.05) is 11.6 Å². The molecule has 6 nitrogen and oxygen atoms in total. The molecular formula is C24H25N3O3S. The molecule has 160 valence electrons. The van der Waals surface area contributed by atoms with Crippen LogP contribution in [-0.2, 0) is 33.6 Å². The van der Waals surface area contributed by atoms with Crippen LogP contribution in [0.25, 0.3) is 10.7 Å². The average Bonchev–Trinajstić information content (AvgIpc) is 3.26. The number of hydrogen-bond donors (Lipinski definition) is 1. The molecular weight excluding hydrogens is 410 g/mol. The number of carbonyl (C=O) groups excluding carboxylic acids is 2. The minimum absolute atomic E-state index is 0.0248. The van der Waals surface area contributed by atoms with Gasteiger partial charge in [0.2, 0.25) is 0 Å². The predicted molar refractivity (Wildman–Crippen MR) is 120 cm³/mol. The molecule has 4 rings (SSSR count). The monoisotopic (exact) mass is 435 g/mol. The first-order valence-electron chi connectivity index (χ1n) is 10.5. The zero-order valence-electron chi connectivity index (χ0n) is 17.5. The van der Waals surface area contributed by atoms with Gasteiger partial charge in [-0.15, -0.1) is 11.3 Å². The summed E-state index contributed by atoms with van der Waals surface area (Å²) in [6.45, 7) is 1.64. The largest absolute Gasteiger partial charge is 0.455 e. The summed E-state index contributed by atoms with van der Waals surface area (Å²) in [5.74, 6) is -0.791. The van der Waals surface area contributed by atoms with Gasteiger partial charge in [0.1, 0.15) is 5.01 Å². The number of benzene rings is 1. The van der Waals surface area contributed by atoms with Gasteiger partial charge < -0.3 is 10.1 Å². The highest BCUT2D eigenvalue weighted by Gasteiger charge is 2.16. The van der Waals surface area contributed by atoms with Gasteiger partial charge in [0.05, 0.1) is 23.9 Å². The van der Waals surface area contributed by atoms with E-state index in [2.05, 4.69) is 33.5 Å². The Morgan fingerprint density at radius 1 is 1.16 bits per heavy atom. The Hall–Kier alpha value is -3.06. The lowest BCUT2D eigenvalue weighted by Crippen LogP contribution is -2.31. The van der Waals surface area contributed by atoms with Crippen LogP contribution in [0.1, 0.15) is 48.2 Å². The third-order valence-electron chi connectivity index (χ3n) is 5.38. The molecule has 3 aromatic rings. The number of thiazole rings is 1. The summed E-state index contributed by atoms with van der Waals surface area (Å²) in [6, 6.07) is 11.9. The maximum absolute atomic E-state index is 12.3. The highest BCUT2D eigenvalue weighted by atomic mass is 32.1. The lowest BCUT2D eigenvalue weighted by atomic mass is 9.89. The number of aryl methyl sites for hydroxylation is 2. The Kier molecular flexibility index (Phi) is 6.72. The first-order valence-corrected chi connectivity index (χ1v) is 11.4. The van der Waals surface area contributed by atoms with Crippen molar-refractivity contribution in [1.82, 2.24) is 15.3 Å². The Morgan fingerprint density at radius 2 is 2.00 bits per heavy atom. The lowest BCUT2D eigenvalue weighted by molar-refractivity contribution is -0.148. The van der Waals surface area contributed by atoms with Crippen molar-refractivity contribution in [2.24, 2.45) is 0 Å². The molecule has 1 aliphatic carbocycles. The smallest absolute Gasteiger partial charge is 0.312 e. The second-order valence-electron chi connectivity index (χ2n) is 7.72. The van der Waals surface area contributed by atoms with Gasteiger partial charge >= 0.3 is 5.97 Å². The molecule has 0 saturated heterocycles. The van der Waals surface area contributed by atoms with Gasteiger partial charge in [-0.05, 0) is 61.4 Å². The summed E-state index contributed by atoms with van der Waals surface area (Å²) in [7, 11) is 0. The zero-order valence-corrected chi connectivity index (χ0v) is 18.3. The van der Waals surface area contributed by atoms with Gasteiger partial charge in [-0.1, -0.05) is 24.3 Å². The SMILES string of the molecule is CC(NC(=O)COC(=O)Cc1csc(-c2ccccn2)n1)c1ccc2c(c1)CCCC2. The third-order valence-corrected chi connectivity index (χ3v) is 6.29. The minimum atomic E-state index is -0.477. The summed E-state index contributed by atoms with van der Waals surface area (Å²) in [4.78, 5) is 33.1. The summed E-state index contributed by atoms with van der Waals surface area (Å²) >= 11 is 1.42. The fraction of sp³-hybridized carbons (Fsp3) is 0.333. The number of ether oxygens (including phenoxy) is 1.